The van der Waals surface area contributed by atoms with E-state index in [4.69, 9.17) is 5.73 Å². The average Bonchev–Trinajstić information content (AvgIpc) is 2.58. The maximum absolute atomic E-state index is 5.89. The number of aromatic nitrogens is 3. The maximum atomic E-state index is 5.89. The molecule has 28 heavy (non-hydrogen) atoms. The summed E-state index contributed by atoms with van der Waals surface area (Å²) in [4.78, 5) is 13.4. The first kappa shape index (κ1) is 19.8. The zero-order chi connectivity index (χ0) is 20.4. The largest absolute Gasteiger partial charge is 0.384 e. The van der Waals surface area contributed by atoms with Gasteiger partial charge in [-0.25, -0.2) is 15.0 Å². The van der Waals surface area contributed by atoms with Crippen LogP contribution in [0.4, 0.5) is 5.95 Å². The highest BCUT2D eigenvalue weighted by Gasteiger charge is 2.29. The first-order chi connectivity index (χ1) is 13.1. The van der Waals surface area contributed by atoms with E-state index >= 15 is 0 Å². The second kappa shape index (κ2) is 7.61. The summed E-state index contributed by atoms with van der Waals surface area (Å²) < 4.78 is 0. The lowest BCUT2D eigenvalue weighted by Gasteiger charge is -2.38. The van der Waals surface area contributed by atoms with Crippen LogP contribution in [0.1, 0.15) is 46.2 Å². The van der Waals surface area contributed by atoms with Crippen LogP contribution in [0.25, 0.3) is 11.3 Å². The standard InChI is InChI=1S/C22H28N6/c1-15-12-18(13-22(4,5)28-15)26-20-24-11-9-19(27-20)16-6-7-17(25-14-16)8-10-21(2,3)23/h6-7,9,11,14,18,28H,1,12-13,23H2,2-5H3,(H,24,26,27). The van der Waals surface area contributed by atoms with Gasteiger partial charge >= 0.3 is 0 Å². The van der Waals surface area contributed by atoms with Crippen molar-refractivity contribution >= 4 is 5.95 Å². The number of piperidine rings is 1. The summed E-state index contributed by atoms with van der Waals surface area (Å²) in [6.45, 7) is 12.2. The molecule has 146 valence electrons. The van der Waals surface area contributed by atoms with E-state index in [1.54, 1.807) is 12.4 Å². The third-order valence-corrected chi connectivity index (χ3v) is 4.33. The van der Waals surface area contributed by atoms with Crippen LogP contribution >= 0.6 is 0 Å². The van der Waals surface area contributed by atoms with Crippen molar-refractivity contribution in [2.24, 2.45) is 5.73 Å². The van der Waals surface area contributed by atoms with E-state index < -0.39 is 5.54 Å². The van der Waals surface area contributed by atoms with Crippen LogP contribution in [-0.2, 0) is 0 Å². The third-order valence-electron chi connectivity index (χ3n) is 4.33. The number of hydrogen-bond acceptors (Lipinski definition) is 6. The van der Waals surface area contributed by atoms with Gasteiger partial charge in [0.05, 0.1) is 11.2 Å². The molecule has 3 rings (SSSR count). The van der Waals surface area contributed by atoms with Gasteiger partial charge in [0.1, 0.15) is 5.69 Å². The minimum absolute atomic E-state index is 0.00346. The van der Waals surface area contributed by atoms with E-state index in [9.17, 15) is 0 Å². The van der Waals surface area contributed by atoms with Gasteiger partial charge in [-0.1, -0.05) is 12.5 Å². The van der Waals surface area contributed by atoms with E-state index in [2.05, 4.69) is 57.9 Å². The second-order valence-electron chi connectivity index (χ2n) is 8.53. The molecule has 1 aliphatic heterocycles. The molecule has 0 radical (unpaired) electrons. The molecule has 0 amide bonds. The molecular weight excluding hydrogens is 348 g/mol. The Morgan fingerprint density at radius 2 is 2.07 bits per heavy atom. The Morgan fingerprint density at radius 1 is 1.29 bits per heavy atom. The van der Waals surface area contributed by atoms with E-state index in [1.807, 2.05) is 32.0 Å². The van der Waals surface area contributed by atoms with Gasteiger partial charge in [0.25, 0.3) is 0 Å². The molecule has 1 fully saturated rings. The van der Waals surface area contributed by atoms with Gasteiger partial charge in [-0.15, -0.1) is 0 Å². The molecule has 4 N–H and O–H groups in total. The number of anilines is 1. The molecule has 1 aliphatic rings. The SMILES string of the molecule is C=C1CC(Nc2nccc(-c3ccc(C#CC(C)(C)N)nc3)n2)CC(C)(C)N1. The van der Waals surface area contributed by atoms with Crippen LogP contribution in [0.15, 0.2) is 42.9 Å². The Kier molecular flexibility index (Phi) is 5.39. The fraction of sp³-hybridized carbons (Fsp3) is 0.409. The van der Waals surface area contributed by atoms with Crippen LogP contribution in [0.5, 0.6) is 0 Å². The predicted octanol–water partition coefficient (Wildman–Crippen LogP) is 3.08. The number of nitrogens with one attached hydrogen (secondary N) is 2. The topological polar surface area (TPSA) is 88.8 Å². The van der Waals surface area contributed by atoms with E-state index in [0.717, 1.165) is 29.8 Å². The minimum atomic E-state index is -0.540. The Labute approximate surface area is 167 Å². The van der Waals surface area contributed by atoms with Crippen molar-refractivity contribution in [2.75, 3.05) is 5.32 Å². The molecular formula is C22H28N6. The maximum Gasteiger partial charge on any atom is 0.223 e. The van der Waals surface area contributed by atoms with Crippen molar-refractivity contribution in [2.45, 2.75) is 57.7 Å². The zero-order valence-electron chi connectivity index (χ0n) is 17.0. The molecule has 0 aromatic carbocycles. The Morgan fingerprint density at radius 3 is 2.71 bits per heavy atom. The first-order valence-corrected chi connectivity index (χ1v) is 9.44. The summed E-state index contributed by atoms with van der Waals surface area (Å²) in [6, 6.07) is 5.96. The molecule has 3 heterocycles. The summed E-state index contributed by atoms with van der Waals surface area (Å²) in [7, 11) is 0. The predicted molar refractivity (Wildman–Crippen MR) is 113 cm³/mol. The zero-order valence-corrected chi connectivity index (χ0v) is 17.0. The highest BCUT2D eigenvalue weighted by Crippen LogP contribution is 2.26. The molecule has 1 atom stereocenters. The summed E-state index contributed by atoms with van der Waals surface area (Å²) in [6.07, 6.45) is 5.35. The summed E-state index contributed by atoms with van der Waals surface area (Å²) in [5, 5.41) is 6.88. The van der Waals surface area contributed by atoms with Gasteiger partial charge in [-0.2, -0.15) is 0 Å². The van der Waals surface area contributed by atoms with Gasteiger partial charge in [0.15, 0.2) is 0 Å². The minimum Gasteiger partial charge on any atom is -0.384 e. The molecule has 2 aromatic heterocycles. The smallest absolute Gasteiger partial charge is 0.223 e. The van der Waals surface area contributed by atoms with E-state index in [1.165, 1.54) is 0 Å². The molecule has 0 bridgehead atoms. The number of pyridine rings is 1. The lowest BCUT2D eigenvalue weighted by atomic mass is 9.88. The molecule has 6 nitrogen and oxygen atoms in total. The van der Waals surface area contributed by atoms with Crippen molar-refractivity contribution in [3.63, 3.8) is 0 Å². The molecule has 1 saturated heterocycles. The quantitative estimate of drug-likeness (QED) is 0.714. The van der Waals surface area contributed by atoms with E-state index in [0.29, 0.717) is 11.6 Å². The summed E-state index contributed by atoms with van der Waals surface area (Å²) in [5.41, 5.74) is 8.80. The number of nitrogens with zero attached hydrogens (tertiary/aromatic N) is 3. The van der Waals surface area contributed by atoms with Crippen molar-refractivity contribution in [3.8, 4) is 23.1 Å². The van der Waals surface area contributed by atoms with Crippen LogP contribution in [-0.4, -0.2) is 32.1 Å². The molecule has 0 saturated carbocycles. The van der Waals surface area contributed by atoms with Gasteiger partial charge in [-0.05, 0) is 58.2 Å². The van der Waals surface area contributed by atoms with Gasteiger partial charge < -0.3 is 16.4 Å². The average molecular weight is 377 g/mol. The van der Waals surface area contributed by atoms with Crippen molar-refractivity contribution < 1.29 is 0 Å². The Balaban J connectivity index is 1.74. The van der Waals surface area contributed by atoms with Crippen molar-refractivity contribution in [1.82, 2.24) is 20.3 Å². The third kappa shape index (κ3) is 5.54. The van der Waals surface area contributed by atoms with Gasteiger partial charge in [0.2, 0.25) is 5.95 Å². The highest BCUT2D eigenvalue weighted by molar-refractivity contribution is 5.59. The second-order valence-corrected chi connectivity index (χ2v) is 8.53. The van der Waals surface area contributed by atoms with Crippen molar-refractivity contribution in [1.29, 1.82) is 0 Å². The number of nitrogens with two attached hydrogens (primary N) is 1. The molecule has 6 heteroatoms. The van der Waals surface area contributed by atoms with Gasteiger partial charge in [0, 0.05) is 41.7 Å². The summed E-state index contributed by atoms with van der Waals surface area (Å²) in [5.74, 6) is 6.59. The molecule has 0 spiro atoms. The van der Waals surface area contributed by atoms with Crippen molar-refractivity contribution in [3.05, 3.63) is 48.6 Å². The first-order valence-electron chi connectivity index (χ1n) is 9.44. The normalized spacial score (nSPS) is 18.6. The fourth-order valence-corrected chi connectivity index (χ4v) is 3.28. The monoisotopic (exact) mass is 376 g/mol. The van der Waals surface area contributed by atoms with Crippen LogP contribution in [0.3, 0.4) is 0 Å². The lowest BCUT2D eigenvalue weighted by molar-refractivity contribution is 0.324. The van der Waals surface area contributed by atoms with Crippen LogP contribution in [0.2, 0.25) is 0 Å². The van der Waals surface area contributed by atoms with Gasteiger partial charge in [-0.3, -0.25) is 0 Å². The van der Waals surface area contributed by atoms with Crippen LogP contribution in [0, 0.1) is 11.8 Å². The summed E-state index contributed by atoms with van der Waals surface area (Å²) >= 11 is 0. The fourth-order valence-electron chi connectivity index (χ4n) is 3.28. The van der Waals surface area contributed by atoms with Crippen LogP contribution < -0.4 is 16.4 Å². The Hall–Kier alpha value is -2.91. The van der Waals surface area contributed by atoms with E-state index in [-0.39, 0.29) is 11.6 Å². The molecule has 0 aliphatic carbocycles. The number of hydrogen-bond donors (Lipinski definition) is 3. The molecule has 1 unspecified atom stereocenters. The highest BCUT2D eigenvalue weighted by atomic mass is 15.1. The molecule has 2 aromatic rings. The number of rotatable bonds is 3. The lowest BCUT2D eigenvalue weighted by Crippen LogP contribution is -2.48. The Bertz CT molecular complexity index is 913.